The fourth-order valence-electron chi connectivity index (χ4n) is 1.10. The van der Waals surface area contributed by atoms with Crippen LogP contribution in [0.3, 0.4) is 0 Å². The molecule has 1 saturated heterocycles. The molecule has 1 atom stereocenters. The van der Waals surface area contributed by atoms with Gasteiger partial charge in [0.15, 0.2) is 0 Å². The maximum atomic E-state index is 5.20. The molecule has 2 nitrogen and oxygen atoms in total. The molecule has 0 aliphatic carbocycles. The first-order valence-corrected chi connectivity index (χ1v) is 3.50. The van der Waals surface area contributed by atoms with E-state index >= 15 is 0 Å². The van der Waals surface area contributed by atoms with Crippen LogP contribution in [0.4, 0.5) is 0 Å². The Morgan fingerprint density at radius 2 is 2.56 bits per heavy atom. The van der Waals surface area contributed by atoms with Crippen molar-refractivity contribution in [1.29, 1.82) is 0 Å². The zero-order valence-corrected chi connectivity index (χ0v) is 5.93. The van der Waals surface area contributed by atoms with E-state index < -0.39 is 0 Å². The van der Waals surface area contributed by atoms with Crippen molar-refractivity contribution < 1.29 is 9.47 Å². The van der Waals surface area contributed by atoms with Crippen molar-refractivity contribution >= 4 is 0 Å². The van der Waals surface area contributed by atoms with E-state index in [0.717, 1.165) is 32.2 Å². The number of hydrogen-bond acceptors (Lipinski definition) is 2. The molecule has 0 amide bonds. The zero-order chi connectivity index (χ0) is 6.53. The van der Waals surface area contributed by atoms with Gasteiger partial charge in [-0.15, -0.1) is 0 Å². The van der Waals surface area contributed by atoms with Crippen molar-refractivity contribution in [2.45, 2.75) is 12.8 Å². The highest BCUT2D eigenvalue weighted by molar-refractivity contribution is 4.62. The first-order valence-electron chi connectivity index (χ1n) is 3.50. The lowest BCUT2D eigenvalue weighted by Crippen LogP contribution is -2.02. The second-order valence-corrected chi connectivity index (χ2v) is 2.51. The Bertz CT molecular complexity index is 67.3. The maximum Gasteiger partial charge on any atom is 0.0495 e. The maximum absolute atomic E-state index is 5.20. The minimum absolute atomic E-state index is 0.768. The molecule has 0 N–H and O–H groups in total. The molecular weight excluding hydrogens is 116 g/mol. The van der Waals surface area contributed by atoms with Gasteiger partial charge >= 0.3 is 0 Å². The molecule has 54 valence electrons. The molecule has 0 saturated carbocycles. The first-order chi connectivity index (χ1) is 4.43. The highest BCUT2D eigenvalue weighted by Gasteiger charge is 2.14. The van der Waals surface area contributed by atoms with Gasteiger partial charge in [0.25, 0.3) is 0 Å². The summed E-state index contributed by atoms with van der Waals surface area (Å²) < 4.78 is 10.1. The Hall–Kier alpha value is -0.0800. The van der Waals surface area contributed by atoms with E-state index in [-0.39, 0.29) is 0 Å². The number of methoxy groups -OCH3 is 1. The van der Waals surface area contributed by atoms with E-state index in [2.05, 4.69) is 0 Å². The third kappa shape index (κ3) is 2.33. The van der Waals surface area contributed by atoms with E-state index in [1.54, 1.807) is 7.11 Å². The average Bonchev–Trinajstić information content (AvgIpc) is 2.34. The van der Waals surface area contributed by atoms with Crippen LogP contribution >= 0.6 is 0 Å². The highest BCUT2D eigenvalue weighted by atomic mass is 16.5. The van der Waals surface area contributed by atoms with E-state index in [4.69, 9.17) is 9.47 Å². The molecule has 0 radical (unpaired) electrons. The predicted octanol–water partition coefficient (Wildman–Crippen LogP) is 1.06. The summed E-state index contributed by atoms with van der Waals surface area (Å²) in [6.07, 6.45) is 2.39. The lowest BCUT2D eigenvalue weighted by Gasteiger charge is -2.03. The van der Waals surface area contributed by atoms with Crippen LogP contribution in [-0.4, -0.2) is 26.9 Å². The van der Waals surface area contributed by atoms with Crippen LogP contribution in [-0.2, 0) is 9.47 Å². The summed E-state index contributed by atoms with van der Waals surface area (Å²) in [7, 11) is 1.75. The monoisotopic (exact) mass is 130 g/mol. The highest BCUT2D eigenvalue weighted by Crippen LogP contribution is 2.15. The summed E-state index contributed by atoms with van der Waals surface area (Å²) in [5.41, 5.74) is 0. The molecule has 2 heteroatoms. The summed E-state index contributed by atoms with van der Waals surface area (Å²) in [5, 5.41) is 0. The fourth-order valence-corrected chi connectivity index (χ4v) is 1.10. The average molecular weight is 130 g/mol. The summed E-state index contributed by atoms with van der Waals surface area (Å²) in [5.74, 6) is 0.768. The molecule has 1 aliphatic rings. The Morgan fingerprint density at radius 1 is 1.67 bits per heavy atom. The van der Waals surface area contributed by atoms with E-state index in [1.165, 1.54) is 6.42 Å². The van der Waals surface area contributed by atoms with Gasteiger partial charge in [-0.2, -0.15) is 0 Å². The first kappa shape index (κ1) is 7.03. The van der Waals surface area contributed by atoms with E-state index in [9.17, 15) is 0 Å². The van der Waals surface area contributed by atoms with Crippen LogP contribution in [0.2, 0.25) is 0 Å². The minimum atomic E-state index is 0.768. The van der Waals surface area contributed by atoms with Crippen LogP contribution < -0.4 is 0 Å². The molecule has 0 aromatic heterocycles. The second-order valence-electron chi connectivity index (χ2n) is 2.51. The summed E-state index contributed by atoms with van der Waals surface area (Å²) >= 11 is 0. The molecule has 0 unspecified atom stereocenters. The Morgan fingerprint density at radius 3 is 3.11 bits per heavy atom. The van der Waals surface area contributed by atoms with Crippen molar-refractivity contribution in [3.05, 3.63) is 0 Å². The van der Waals surface area contributed by atoms with Gasteiger partial charge in [-0.25, -0.2) is 0 Å². The molecule has 9 heavy (non-hydrogen) atoms. The van der Waals surface area contributed by atoms with Crippen LogP contribution in [0.15, 0.2) is 0 Å². The lowest BCUT2D eigenvalue weighted by atomic mass is 10.1. The van der Waals surface area contributed by atoms with Gasteiger partial charge in [-0.1, -0.05) is 0 Å². The molecule has 1 aliphatic heterocycles. The van der Waals surface area contributed by atoms with Crippen molar-refractivity contribution in [2.75, 3.05) is 26.9 Å². The van der Waals surface area contributed by atoms with Crippen molar-refractivity contribution in [1.82, 2.24) is 0 Å². The van der Waals surface area contributed by atoms with Gasteiger partial charge in [0.05, 0.1) is 0 Å². The lowest BCUT2D eigenvalue weighted by molar-refractivity contribution is 0.156. The summed E-state index contributed by atoms with van der Waals surface area (Å²) in [6, 6.07) is 0. The smallest absolute Gasteiger partial charge is 0.0495 e. The number of hydrogen-bond donors (Lipinski definition) is 0. The SMILES string of the molecule is COCC[C@H]1CCOC1. The molecule has 0 aromatic rings. The van der Waals surface area contributed by atoms with Crippen LogP contribution in [0.1, 0.15) is 12.8 Å². The zero-order valence-electron chi connectivity index (χ0n) is 5.93. The van der Waals surface area contributed by atoms with E-state index in [1.807, 2.05) is 0 Å². The Balaban J connectivity index is 1.98. The minimum Gasteiger partial charge on any atom is -0.385 e. The van der Waals surface area contributed by atoms with Crippen molar-refractivity contribution in [2.24, 2.45) is 5.92 Å². The molecular formula is C7H14O2. The molecule has 0 bridgehead atoms. The third-order valence-electron chi connectivity index (χ3n) is 1.75. The normalized spacial score (nSPS) is 27.0. The second kappa shape index (κ2) is 3.85. The fraction of sp³-hybridized carbons (Fsp3) is 1.00. The number of ether oxygens (including phenoxy) is 2. The van der Waals surface area contributed by atoms with Crippen molar-refractivity contribution in [3.8, 4) is 0 Å². The van der Waals surface area contributed by atoms with Gasteiger partial charge in [-0.05, 0) is 18.8 Å². The molecule has 0 spiro atoms. The van der Waals surface area contributed by atoms with Gasteiger partial charge < -0.3 is 9.47 Å². The standard InChI is InChI=1S/C7H14O2/c1-8-4-2-7-3-5-9-6-7/h7H,2-6H2,1H3/t7-/m0/s1. The molecule has 1 heterocycles. The summed E-state index contributed by atoms with van der Waals surface area (Å²) in [6.45, 7) is 2.78. The molecule has 1 fully saturated rings. The largest absolute Gasteiger partial charge is 0.385 e. The Labute approximate surface area is 56.2 Å². The Kier molecular flexibility index (Phi) is 3.01. The summed E-state index contributed by atoms with van der Waals surface area (Å²) in [4.78, 5) is 0. The van der Waals surface area contributed by atoms with Gasteiger partial charge in [0, 0.05) is 26.9 Å². The third-order valence-corrected chi connectivity index (χ3v) is 1.75. The van der Waals surface area contributed by atoms with Crippen LogP contribution in [0.25, 0.3) is 0 Å². The molecule has 1 rings (SSSR count). The van der Waals surface area contributed by atoms with E-state index in [0.29, 0.717) is 0 Å². The van der Waals surface area contributed by atoms with Gasteiger partial charge in [0.1, 0.15) is 0 Å². The topological polar surface area (TPSA) is 18.5 Å². The van der Waals surface area contributed by atoms with Crippen LogP contribution in [0.5, 0.6) is 0 Å². The predicted molar refractivity (Wildman–Crippen MR) is 35.4 cm³/mol. The van der Waals surface area contributed by atoms with Crippen molar-refractivity contribution in [3.63, 3.8) is 0 Å². The quantitative estimate of drug-likeness (QED) is 0.568. The van der Waals surface area contributed by atoms with Gasteiger partial charge in [0.2, 0.25) is 0 Å². The number of rotatable bonds is 3. The van der Waals surface area contributed by atoms with Gasteiger partial charge in [-0.3, -0.25) is 0 Å². The van der Waals surface area contributed by atoms with Crippen LogP contribution in [0, 0.1) is 5.92 Å². The molecule has 0 aromatic carbocycles.